The SMILES string of the molecule is CC(C)NC(=O)N1C[C@H]2[C@@H](c3ccccc31)[C@H](CO)N2C(=O)c1ccncc1. The van der Waals surface area contributed by atoms with Gasteiger partial charge in [0.25, 0.3) is 5.91 Å². The summed E-state index contributed by atoms with van der Waals surface area (Å²) in [6, 6.07) is 10.4. The lowest BCUT2D eigenvalue weighted by Crippen LogP contribution is -2.71. The van der Waals surface area contributed by atoms with Gasteiger partial charge in [-0.15, -0.1) is 0 Å². The van der Waals surface area contributed by atoms with Crippen LogP contribution in [0.3, 0.4) is 0 Å². The Bertz CT molecular complexity index is 886. The van der Waals surface area contributed by atoms with Gasteiger partial charge < -0.3 is 15.3 Å². The summed E-state index contributed by atoms with van der Waals surface area (Å²) in [6.07, 6.45) is 3.16. The number of anilines is 1. The van der Waals surface area contributed by atoms with E-state index in [1.807, 2.05) is 38.1 Å². The molecule has 7 nitrogen and oxygen atoms in total. The maximum atomic E-state index is 13.1. The summed E-state index contributed by atoms with van der Waals surface area (Å²) in [7, 11) is 0. The minimum Gasteiger partial charge on any atom is -0.394 e. The minimum absolute atomic E-state index is 0.00934. The van der Waals surface area contributed by atoms with Crippen LogP contribution in [0.15, 0.2) is 48.8 Å². The van der Waals surface area contributed by atoms with Crippen LogP contribution < -0.4 is 10.2 Å². The molecule has 2 aliphatic rings. The van der Waals surface area contributed by atoms with Crippen LogP contribution >= 0.6 is 0 Å². The molecular formula is C21H24N4O3. The van der Waals surface area contributed by atoms with Crippen molar-refractivity contribution in [2.24, 2.45) is 0 Å². The third-order valence-corrected chi connectivity index (χ3v) is 5.51. The number of amides is 3. The number of carbonyl (C=O) groups excluding carboxylic acids is 2. The van der Waals surface area contributed by atoms with Gasteiger partial charge in [-0.05, 0) is 37.6 Å². The van der Waals surface area contributed by atoms with E-state index in [1.165, 1.54) is 0 Å². The van der Waals surface area contributed by atoms with Gasteiger partial charge in [-0.1, -0.05) is 18.2 Å². The van der Waals surface area contributed by atoms with Crippen molar-refractivity contribution in [3.05, 3.63) is 59.9 Å². The van der Waals surface area contributed by atoms with E-state index in [0.29, 0.717) is 12.1 Å². The molecule has 1 aromatic carbocycles. The molecule has 0 saturated carbocycles. The van der Waals surface area contributed by atoms with Crippen molar-refractivity contribution in [2.75, 3.05) is 18.1 Å². The van der Waals surface area contributed by atoms with E-state index in [0.717, 1.165) is 11.3 Å². The van der Waals surface area contributed by atoms with Crippen molar-refractivity contribution < 1.29 is 14.7 Å². The monoisotopic (exact) mass is 380 g/mol. The number of aliphatic hydroxyl groups excluding tert-OH is 1. The molecule has 3 atom stereocenters. The second-order valence-electron chi connectivity index (χ2n) is 7.56. The number of hydrogen-bond acceptors (Lipinski definition) is 4. The molecular weight excluding hydrogens is 356 g/mol. The summed E-state index contributed by atoms with van der Waals surface area (Å²) < 4.78 is 0. The number of nitrogens with one attached hydrogen (secondary N) is 1. The number of nitrogens with zero attached hydrogens (tertiary/aromatic N) is 3. The number of para-hydroxylation sites is 1. The highest BCUT2D eigenvalue weighted by atomic mass is 16.3. The largest absolute Gasteiger partial charge is 0.394 e. The Morgan fingerprint density at radius 2 is 1.93 bits per heavy atom. The molecule has 0 radical (unpaired) electrons. The first kappa shape index (κ1) is 18.4. The average Bonchev–Trinajstić information content (AvgIpc) is 2.68. The molecule has 1 fully saturated rings. The standard InChI is InChI=1S/C21H24N4O3/c1-13(2)23-21(28)24-11-17-19(15-5-3-4-6-16(15)24)18(12-26)25(17)20(27)14-7-9-22-10-8-14/h3-10,13,17-19,26H,11-12H2,1-2H3,(H,23,28)/t17-,18-,19+/m0/s1. The van der Waals surface area contributed by atoms with Crippen molar-refractivity contribution in [3.63, 3.8) is 0 Å². The normalized spacial score (nSPS) is 22.9. The van der Waals surface area contributed by atoms with Crippen LogP contribution in [0.25, 0.3) is 0 Å². The molecule has 0 unspecified atom stereocenters. The molecule has 2 aromatic rings. The number of pyridine rings is 1. The summed E-state index contributed by atoms with van der Waals surface area (Å²) >= 11 is 0. The molecule has 7 heteroatoms. The van der Waals surface area contributed by atoms with E-state index in [2.05, 4.69) is 10.3 Å². The van der Waals surface area contributed by atoms with Gasteiger partial charge in [-0.3, -0.25) is 14.7 Å². The molecule has 2 aliphatic heterocycles. The zero-order valence-corrected chi connectivity index (χ0v) is 15.9. The first-order chi connectivity index (χ1) is 13.5. The summed E-state index contributed by atoms with van der Waals surface area (Å²) in [5.74, 6) is -0.138. The van der Waals surface area contributed by atoms with Crippen LogP contribution in [0.5, 0.6) is 0 Å². The fraction of sp³-hybridized carbons (Fsp3) is 0.381. The number of aliphatic hydroxyl groups is 1. The Balaban J connectivity index is 1.69. The number of fused-ring (bicyclic) bond motifs is 3. The van der Waals surface area contributed by atoms with Gasteiger partial charge in [0.05, 0.1) is 18.7 Å². The number of aromatic nitrogens is 1. The number of hydrogen-bond donors (Lipinski definition) is 2. The van der Waals surface area contributed by atoms with Gasteiger partial charge in [0.2, 0.25) is 0 Å². The predicted molar refractivity (Wildman–Crippen MR) is 105 cm³/mol. The van der Waals surface area contributed by atoms with E-state index >= 15 is 0 Å². The summed E-state index contributed by atoms with van der Waals surface area (Å²) in [5.41, 5.74) is 2.37. The van der Waals surface area contributed by atoms with Gasteiger partial charge in [-0.2, -0.15) is 0 Å². The van der Waals surface area contributed by atoms with E-state index in [9.17, 15) is 14.7 Å². The molecule has 0 aliphatic carbocycles. The molecule has 2 N–H and O–H groups in total. The number of urea groups is 1. The van der Waals surface area contributed by atoms with E-state index in [1.54, 1.807) is 34.3 Å². The molecule has 28 heavy (non-hydrogen) atoms. The Labute approximate surface area is 164 Å². The maximum absolute atomic E-state index is 13.1. The summed E-state index contributed by atoms with van der Waals surface area (Å²) in [5, 5.41) is 13.0. The minimum atomic E-state index is -0.304. The molecule has 0 spiro atoms. The molecule has 3 amide bonds. The lowest BCUT2D eigenvalue weighted by atomic mass is 9.71. The third-order valence-electron chi connectivity index (χ3n) is 5.51. The van der Waals surface area contributed by atoms with E-state index in [-0.39, 0.29) is 42.6 Å². The van der Waals surface area contributed by atoms with Gasteiger partial charge in [0.1, 0.15) is 0 Å². The highest BCUT2D eigenvalue weighted by molar-refractivity contribution is 5.97. The highest BCUT2D eigenvalue weighted by Gasteiger charge is 2.55. The molecule has 0 bridgehead atoms. The number of benzene rings is 1. The van der Waals surface area contributed by atoms with Gasteiger partial charge in [0, 0.05) is 42.1 Å². The fourth-order valence-corrected chi connectivity index (χ4v) is 4.33. The van der Waals surface area contributed by atoms with Crippen LogP contribution in [0.2, 0.25) is 0 Å². The predicted octanol–water partition coefficient (Wildman–Crippen LogP) is 1.99. The smallest absolute Gasteiger partial charge is 0.322 e. The summed E-state index contributed by atoms with van der Waals surface area (Å²) in [4.78, 5) is 33.3. The van der Waals surface area contributed by atoms with Crippen LogP contribution in [0, 0.1) is 0 Å². The topological polar surface area (TPSA) is 85.8 Å². The average molecular weight is 380 g/mol. The van der Waals surface area contributed by atoms with Gasteiger partial charge >= 0.3 is 6.03 Å². The van der Waals surface area contributed by atoms with Crippen LogP contribution in [0.4, 0.5) is 10.5 Å². The Kier molecular flexibility index (Phi) is 4.77. The van der Waals surface area contributed by atoms with Crippen LogP contribution in [-0.2, 0) is 0 Å². The van der Waals surface area contributed by atoms with Crippen LogP contribution in [-0.4, -0.2) is 58.2 Å². The molecule has 4 rings (SSSR count). The molecule has 146 valence electrons. The highest BCUT2D eigenvalue weighted by Crippen LogP contribution is 2.48. The molecule has 3 heterocycles. The van der Waals surface area contributed by atoms with E-state index < -0.39 is 0 Å². The van der Waals surface area contributed by atoms with E-state index in [4.69, 9.17) is 0 Å². The van der Waals surface area contributed by atoms with Crippen molar-refractivity contribution in [1.29, 1.82) is 0 Å². The maximum Gasteiger partial charge on any atom is 0.322 e. The molecule has 1 aromatic heterocycles. The second-order valence-corrected chi connectivity index (χ2v) is 7.56. The van der Waals surface area contributed by atoms with Crippen molar-refractivity contribution >= 4 is 17.6 Å². The number of rotatable bonds is 3. The van der Waals surface area contributed by atoms with Gasteiger partial charge in [-0.25, -0.2) is 4.79 Å². The Hall–Kier alpha value is -2.93. The van der Waals surface area contributed by atoms with Crippen LogP contribution in [0.1, 0.15) is 35.7 Å². The van der Waals surface area contributed by atoms with Gasteiger partial charge in [0.15, 0.2) is 0 Å². The lowest BCUT2D eigenvalue weighted by Gasteiger charge is -2.58. The van der Waals surface area contributed by atoms with Crippen molar-refractivity contribution in [2.45, 2.75) is 37.9 Å². The summed E-state index contributed by atoms with van der Waals surface area (Å²) in [6.45, 7) is 4.11. The van der Waals surface area contributed by atoms with Crippen molar-refractivity contribution in [1.82, 2.24) is 15.2 Å². The second kappa shape index (κ2) is 7.24. The Morgan fingerprint density at radius 3 is 2.61 bits per heavy atom. The molecule has 1 saturated heterocycles. The quantitative estimate of drug-likeness (QED) is 0.853. The Morgan fingerprint density at radius 1 is 1.21 bits per heavy atom. The van der Waals surface area contributed by atoms with Crippen molar-refractivity contribution in [3.8, 4) is 0 Å². The number of carbonyl (C=O) groups is 2. The zero-order chi connectivity index (χ0) is 19.8. The first-order valence-electron chi connectivity index (χ1n) is 9.53. The zero-order valence-electron chi connectivity index (χ0n) is 15.9. The third kappa shape index (κ3) is 2.92. The fourth-order valence-electron chi connectivity index (χ4n) is 4.33. The number of likely N-dealkylation sites (tertiary alicyclic amines) is 1. The lowest BCUT2D eigenvalue weighted by molar-refractivity contribution is -0.0242. The first-order valence-corrected chi connectivity index (χ1v) is 9.53.